The topological polar surface area (TPSA) is 3.88 Å². The van der Waals surface area contributed by atoms with E-state index in [1.165, 1.54) is 0 Å². The molecule has 1 aromatic rings. The first-order chi connectivity index (χ1) is 5.95. The Morgan fingerprint density at radius 3 is 2.25 bits per heavy atom. The van der Waals surface area contributed by atoms with Crippen molar-refractivity contribution in [1.29, 1.82) is 0 Å². The van der Waals surface area contributed by atoms with E-state index in [0.29, 0.717) is 5.92 Å². The van der Waals surface area contributed by atoms with Crippen LogP contribution < -0.4 is 4.57 Å². The molecule has 0 saturated carbocycles. The van der Waals surface area contributed by atoms with E-state index in [2.05, 4.69) is 53.4 Å². The van der Waals surface area contributed by atoms with Gasteiger partial charge in [-0.2, -0.15) is 0 Å². The van der Waals surface area contributed by atoms with Gasteiger partial charge in [-0.1, -0.05) is 30.4 Å². The summed E-state index contributed by atoms with van der Waals surface area (Å²) in [5.74, 6) is 0.581. The molecular weight excluding hydrogens is 146 g/mol. The lowest BCUT2D eigenvalue weighted by Gasteiger charge is -1.99. The largest absolute Gasteiger partial charge is 0.204 e. The van der Waals surface area contributed by atoms with Gasteiger partial charge in [0.05, 0.1) is 5.92 Å². The van der Waals surface area contributed by atoms with Crippen molar-refractivity contribution in [2.45, 2.75) is 6.54 Å². The minimum absolute atomic E-state index is 0.581. The van der Waals surface area contributed by atoms with Crippen LogP contribution in [0.1, 0.15) is 0 Å². The second kappa shape index (κ2) is 3.35. The van der Waals surface area contributed by atoms with Gasteiger partial charge in [0.15, 0.2) is 18.9 Å². The van der Waals surface area contributed by atoms with Crippen LogP contribution in [0.2, 0.25) is 0 Å². The van der Waals surface area contributed by atoms with Crippen LogP contribution in [-0.2, 0) is 6.54 Å². The molecule has 0 unspecified atom stereocenters. The number of allylic oxidation sites excluding steroid dienone is 4. The first-order valence-electron chi connectivity index (χ1n) is 4.24. The molecule has 1 heterocycles. The van der Waals surface area contributed by atoms with Gasteiger partial charge in [0.2, 0.25) is 0 Å². The van der Waals surface area contributed by atoms with Gasteiger partial charge >= 0.3 is 0 Å². The predicted molar refractivity (Wildman–Crippen MR) is 48.4 cm³/mol. The zero-order valence-electron chi connectivity index (χ0n) is 6.93. The lowest BCUT2D eigenvalue weighted by atomic mass is 10.2. The summed E-state index contributed by atoms with van der Waals surface area (Å²) in [6.45, 7) is 1.05. The number of hydrogen-bond donors (Lipinski definition) is 0. The SMILES string of the molecule is C1=CC(C[n+]2ccccc2)C=C1. The fourth-order valence-corrected chi connectivity index (χ4v) is 1.40. The molecule has 0 saturated heterocycles. The maximum atomic E-state index is 2.22. The van der Waals surface area contributed by atoms with Crippen molar-refractivity contribution in [1.82, 2.24) is 0 Å². The van der Waals surface area contributed by atoms with E-state index in [0.717, 1.165) is 6.54 Å². The highest BCUT2D eigenvalue weighted by molar-refractivity contribution is 5.16. The van der Waals surface area contributed by atoms with Gasteiger partial charge in [-0.05, 0) is 0 Å². The Balaban J connectivity index is 2.04. The fourth-order valence-electron chi connectivity index (χ4n) is 1.40. The smallest absolute Gasteiger partial charge is 0.168 e. The highest BCUT2D eigenvalue weighted by atomic mass is 14.9. The number of rotatable bonds is 2. The van der Waals surface area contributed by atoms with Crippen molar-refractivity contribution in [2.75, 3.05) is 0 Å². The van der Waals surface area contributed by atoms with E-state index >= 15 is 0 Å². The van der Waals surface area contributed by atoms with E-state index in [4.69, 9.17) is 0 Å². The summed E-state index contributed by atoms with van der Waals surface area (Å²) in [6.07, 6.45) is 12.8. The number of hydrogen-bond acceptors (Lipinski definition) is 0. The van der Waals surface area contributed by atoms with Gasteiger partial charge in [-0.15, -0.1) is 0 Å². The Kier molecular flexibility index (Phi) is 2.04. The molecule has 0 atom stereocenters. The monoisotopic (exact) mass is 158 g/mol. The molecule has 1 aliphatic rings. The molecular formula is C11H12N+. The van der Waals surface area contributed by atoms with Crippen LogP contribution in [0.5, 0.6) is 0 Å². The average Bonchev–Trinajstić information content (AvgIpc) is 2.59. The third kappa shape index (κ3) is 1.62. The molecule has 0 spiro atoms. The van der Waals surface area contributed by atoms with Gasteiger partial charge in [-0.3, -0.25) is 0 Å². The third-order valence-corrected chi connectivity index (χ3v) is 2.03. The van der Waals surface area contributed by atoms with Crippen molar-refractivity contribution in [3.63, 3.8) is 0 Å². The highest BCUT2D eigenvalue weighted by Gasteiger charge is 2.08. The van der Waals surface area contributed by atoms with Gasteiger partial charge < -0.3 is 0 Å². The molecule has 1 aromatic heterocycles. The minimum Gasteiger partial charge on any atom is -0.204 e. The molecule has 60 valence electrons. The minimum atomic E-state index is 0.581. The molecule has 0 amide bonds. The Bertz CT molecular complexity index is 286. The standard InChI is InChI=1S/C11H12N/c1-4-8-12(9-5-1)10-11-6-2-3-7-11/h1-9,11H,10H2/q+1. The molecule has 12 heavy (non-hydrogen) atoms. The van der Waals surface area contributed by atoms with Crippen molar-refractivity contribution < 1.29 is 4.57 Å². The number of nitrogens with zero attached hydrogens (tertiary/aromatic N) is 1. The second-order valence-corrected chi connectivity index (χ2v) is 3.01. The molecule has 0 N–H and O–H groups in total. The van der Waals surface area contributed by atoms with Gasteiger partial charge in [0, 0.05) is 12.1 Å². The zero-order chi connectivity index (χ0) is 8.23. The quantitative estimate of drug-likeness (QED) is 0.577. The molecule has 2 rings (SSSR count). The van der Waals surface area contributed by atoms with E-state index in [9.17, 15) is 0 Å². The summed E-state index contributed by atoms with van der Waals surface area (Å²) < 4.78 is 2.20. The van der Waals surface area contributed by atoms with Crippen LogP contribution in [0.4, 0.5) is 0 Å². The summed E-state index contributed by atoms with van der Waals surface area (Å²) in [5, 5.41) is 0. The fraction of sp³-hybridized carbons (Fsp3) is 0.182. The first kappa shape index (κ1) is 7.29. The molecule has 1 nitrogen and oxygen atoms in total. The maximum Gasteiger partial charge on any atom is 0.168 e. The lowest BCUT2D eigenvalue weighted by Crippen LogP contribution is -2.35. The zero-order valence-corrected chi connectivity index (χ0v) is 6.93. The molecule has 1 aliphatic carbocycles. The molecule has 0 bridgehead atoms. The lowest BCUT2D eigenvalue weighted by molar-refractivity contribution is -0.700. The molecule has 0 fully saturated rings. The van der Waals surface area contributed by atoms with E-state index < -0.39 is 0 Å². The summed E-state index contributed by atoms with van der Waals surface area (Å²) in [5.41, 5.74) is 0. The average molecular weight is 158 g/mol. The van der Waals surface area contributed by atoms with Crippen LogP contribution >= 0.6 is 0 Å². The summed E-state index contributed by atoms with van der Waals surface area (Å²) in [7, 11) is 0. The third-order valence-electron chi connectivity index (χ3n) is 2.03. The van der Waals surface area contributed by atoms with Crippen LogP contribution in [0.15, 0.2) is 54.9 Å². The van der Waals surface area contributed by atoms with E-state index in [1.54, 1.807) is 0 Å². The van der Waals surface area contributed by atoms with Gasteiger partial charge in [0.25, 0.3) is 0 Å². The maximum absolute atomic E-state index is 2.22. The van der Waals surface area contributed by atoms with Crippen molar-refractivity contribution in [3.8, 4) is 0 Å². The highest BCUT2D eigenvalue weighted by Crippen LogP contribution is 2.07. The van der Waals surface area contributed by atoms with Crippen molar-refractivity contribution in [2.24, 2.45) is 5.92 Å². The molecule has 0 radical (unpaired) electrons. The van der Waals surface area contributed by atoms with Crippen LogP contribution in [0.3, 0.4) is 0 Å². The number of pyridine rings is 1. The number of aromatic nitrogens is 1. The normalized spacial score (nSPS) is 15.7. The Morgan fingerprint density at radius 1 is 0.917 bits per heavy atom. The molecule has 0 aromatic carbocycles. The molecule has 0 aliphatic heterocycles. The molecule has 1 heteroatoms. The summed E-state index contributed by atoms with van der Waals surface area (Å²) in [6, 6.07) is 6.15. The Morgan fingerprint density at radius 2 is 1.58 bits per heavy atom. The first-order valence-corrected chi connectivity index (χ1v) is 4.24. The van der Waals surface area contributed by atoms with Crippen LogP contribution in [0.25, 0.3) is 0 Å². The van der Waals surface area contributed by atoms with Gasteiger partial charge in [0.1, 0.15) is 0 Å². The van der Waals surface area contributed by atoms with E-state index in [1.807, 2.05) is 6.07 Å². The van der Waals surface area contributed by atoms with Crippen molar-refractivity contribution >= 4 is 0 Å². The Hall–Kier alpha value is -1.37. The van der Waals surface area contributed by atoms with Crippen LogP contribution in [-0.4, -0.2) is 0 Å². The van der Waals surface area contributed by atoms with Crippen LogP contribution in [0, 0.1) is 5.92 Å². The van der Waals surface area contributed by atoms with Gasteiger partial charge in [-0.25, -0.2) is 4.57 Å². The predicted octanol–water partition coefficient (Wildman–Crippen LogP) is 1.72. The van der Waals surface area contributed by atoms with E-state index in [-0.39, 0.29) is 0 Å². The second-order valence-electron chi connectivity index (χ2n) is 3.01. The van der Waals surface area contributed by atoms with Crippen molar-refractivity contribution in [3.05, 3.63) is 54.9 Å². The summed E-state index contributed by atoms with van der Waals surface area (Å²) >= 11 is 0. The summed E-state index contributed by atoms with van der Waals surface area (Å²) in [4.78, 5) is 0. The Labute approximate surface area is 72.7 Å².